The van der Waals surface area contributed by atoms with Gasteiger partial charge in [0.25, 0.3) is 0 Å². The smallest absolute Gasteiger partial charge is 0.231 e. The van der Waals surface area contributed by atoms with Crippen molar-refractivity contribution in [3.8, 4) is 11.4 Å². The molecule has 3 rings (SSSR count). The molecule has 0 saturated carbocycles. The van der Waals surface area contributed by atoms with E-state index in [1.807, 2.05) is 0 Å². The van der Waals surface area contributed by atoms with Crippen molar-refractivity contribution in [1.82, 2.24) is 15.5 Å². The van der Waals surface area contributed by atoms with Crippen LogP contribution in [0.2, 0.25) is 0 Å². The Bertz CT molecular complexity index is 576. The molecule has 2 aromatic rings. The molecule has 19 heavy (non-hydrogen) atoms. The summed E-state index contributed by atoms with van der Waals surface area (Å²) in [5.41, 5.74) is 1.38. The van der Waals surface area contributed by atoms with Gasteiger partial charge in [-0.05, 0) is 50.1 Å². The Hall–Kier alpha value is -1.75. The van der Waals surface area contributed by atoms with E-state index >= 15 is 0 Å². The third-order valence-corrected chi connectivity index (χ3v) is 3.50. The Kier molecular flexibility index (Phi) is 3.29. The van der Waals surface area contributed by atoms with Gasteiger partial charge in [-0.3, -0.25) is 0 Å². The normalized spacial score (nSPS) is 19.6. The molecule has 4 nitrogen and oxygen atoms in total. The molecule has 1 aliphatic rings. The van der Waals surface area contributed by atoms with E-state index in [-0.39, 0.29) is 11.7 Å². The van der Waals surface area contributed by atoms with Gasteiger partial charge in [-0.2, -0.15) is 4.98 Å². The van der Waals surface area contributed by atoms with Crippen LogP contribution in [0, 0.1) is 12.7 Å². The third kappa shape index (κ3) is 2.51. The van der Waals surface area contributed by atoms with E-state index in [0.717, 1.165) is 31.5 Å². The quantitative estimate of drug-likeness (QED) is 0.903. The van der Waals surface area contributed by atoms with Crippen LogP contribution >= 0.6 is 0 Å². The Balaban J connectivity index is 1.85. The summed E-state index contributed by atoms with van der Waals surface area (Å²) in [6.45, 7) is 3.66. The Morgan fingerprint density at radius 2 is 2.32 bits per heavy atom. The van der Waals surface area contributed by atoms with Gasteiger partial charge in [-0.25, -0.2) is 4.39 Å². The molecule has 0 amide bonds. The lowest BCUT2D eigenvalue weighted by Crippen LogP contribution is -2.28. The van der Waals surface area contributed by atoms with Gasteiger partial charge >= 0.3 is 0 Å². The molecule has 0 radical (unpaired) electrons. The fourth-order valence-electron chi connectivity index (χ4n) is 2.36. The second-order valence-corrected chi connectivity index (χ2v) is 4.96. The summed E-state index contributed by atoms with van der Waals surface area (Å²) in [6.07, 6.45) is 2.19. The Morgan fingerprint density at radius 3 is 3.05 bits per heavy atom. The molecule has 1 aliphatic heterocycles. The zero-order valence-corrected chi connectivity index (χ0v) is 10.8. The van der Waals surface area contributed by atoms with Crippen LogP contribution in [0.5, 0.6) is 0 Å². The van der Waals surface area contributed by atoms with Crippen LogP contribution in [0.25, 0.3) is 11.4 Å². The summed E-state index contributed by atoms with van der Waals surface area (Å²) in [4.78, 5) is 4.43. The number of aryl methyl sites for hydroxylation is 1. The third-order valence-electron chi connectivity index (χ3n) is 3.50. The van der Waals surface area contributed by atoms with Crippen molar-refractivity contribution in [1.29, 1.82) is 0 Å². The molecular weight excluding hydrogens is 245 g/mol. The molecule has 1 fully saturated rings. The van der Waals surface area contributed by atoms with Crippen molar-refractivity contribution in [3.05, 3.63) is 35.5 Å². The maximum atomic E-state index is 13.2. The summed E-state index contributed by atoms with van der Waals surface area (Å²) in [7, 11) is 0. The van der Waals surface area contributed by atoms with Gasteiger partial charge in [0, 0.05) is 12.1 Å². The highest BCUT2D eigenvalue weighted by atomic mass is 19.1. The first-order chi connectivity index (χ1) is 9.24. The molecule has 0 unspecified atom stereocenters. The van der Waals surface area contributed by atoms with Gasteiger partial charge in [-0.15, -0.1) is 0 Å². The Morgan fingerprint density at radius 1 is 1.42 bits per heavy atom. The predicted octanol–water partition coefficient (Wildman–Crippen LogP) is 2.65. The van der Waals surface area contributed by atoms with E-state index in [2.05, 4.69) is 15.5 Å². The standard InChI is InChI=1S/C14H16FN3O/c1-9-7-10(4-5-12(9)15)13-17-14(19-18-13)11-3-2-6-16-8-11/h4-5,7,11,16H,2-3,6,8H2,1H3/t11-/m0/s1. The number of piperidine rings is 1. The van der Waals surface area contributed by atoms with Crippen LogP contribution in [0.3, 0.4) is 0 Å². The lowest BCUT2D eigenvalue weighted by molar-refractivity contribution is 0.322. The van der Waals surface area contributed by atoms with E-state index < -0.39 is 0 Å². The van der Waals surface area contributed by atoms with Gasteiger partial charge in [0.05, 0.1) is 5.92 Å². The summed E-state index contributed by atoms with van der Waals surface area (Å²) in [6, 6.07) is 4.85. The van der Waals surface area contributed by atoms with Crippen molar-refractivity contribution in [3.63, 3.8) is 0 Å². The van der Waals surface area contributed by atoms with E-state index in [0.29, 0.717) is 17.3 Å². The fraction of sp³-hybridized carbons (Fsp3) is 0.429. The zero-order chi connectivity index (χ0) is 13.2. The summed E-state index contributed by atoms with van der Waals surface area (Å²) < 4.78 is 18.6. The van der Waals surface area contributed by atoms with Crippen LogP contribution in [0.1, 0.15) is 30.2 Å². The number of hydrogen-bond donors (Lipinski definition) is 1. The molecule has 2 heterocycles. The number of nitrogens with zero attached hydrogens (tertiary/aromatic N) is 2. The highest BCUT2D eigenvalue weighted by molar-refractivity contribution is 5.55. The maximum Gasteiger partial charge on any atom is 0.231 e. The highest BCUT2D eigenvalue weighted by Gasteiger charge is 2.21. The van der Waals surface area contributed by atoms with E-state index in [1.165, 1.54) is 6.07 Å². The predicted molar refractivity (Wildman–Crippen MR) is 69.3 cm³/mol. The van der Waals surface area contributed by atoms with Crippen LogP contribution in [-0.2, 0) is 0 Å². The van der Waals surface area contributed by atoms with E-state index in [9.17, 15) is 4.39 Å². The zero-order valence-electron chi connectivity index (χ0n) is 10.8. The lowest BCUT2D eigenvalue weighted by Gasteiger charge is -2.18. The first-order valence-electron chi connectivity index (χ1n) is 6.55. The van der Waals surface area contributed by atoms with Crippen LogP contribution in [0.4, 0.5) is 4.39 Å². The highest BCUT2D eigenvalue weighted by Crippen LogP contribution is 2.25. The molecule has 5 heteroatoms. The average molecular weight is 261 g/mol. The molecule has 100 valence electrons. The minimum Gasteiger partial charge on any atom is -0.339 e. The average Bonchev–Trinajstić information content (AvgIpc) is 2.93. The van der Waals surface area contributed by atoms with Crippen molar-refractivity contribution in [2.24, 2.45) is 0 Å². The first kappa shape index (κ1) is 12.3. The summed E-state index contributed by atoms with van der Waals surface area (Å²) in [5.74, 6) is 1.27. The second kappa shape index (κ2) is 5.09. The van der Waals surface area contributed by atoms with Gasteiger partial charge < -0.3 is 9.84 Å². The minimum atomic E-state index is -0.219. The number of halogens is 1. The summed E-state index contributed by atoms with van der Waals surface area (Å²) >= 11 is 0. The SMILES string of the molecule is Cc1cc(-c2noc([C@H]3CCCNC3)n2)ccc1F. The molecular formula is C14H16FN3O. The van der Waals surface area contributed by atoms with Crippen molar-refractivity contribution in [2.75, 3.05) is 13.1 Å². The number of benzene rings is 1. The molecule has 0 bridgehead atoms. The van der Waals surface area contributed by atoms with Gasteiger partial charge in [0.15, 0.2) is 0 Å². The number of aromatic nitrogens is 2. The number of hydrogen-bond acceptors (Lipinski definition) is 4. The van der Waals surface area contributed by atoms with Crippen LogP contribution < -0.4 is 5.32 Å². The van der Waals surface area contributed by atoms with Crippen LogP contribution in [0.15, 0.2) is 22.7 Å². The molecule has 1 aromatic carbocycles. The van der Waals surface area contributed by atoms with Crippen LogP contribution in [-0.4, -0.2) is 23.2 Å². The molecule has 1 N–H and O–H groups in total. The second-order valence-electron chi connectivity index (χ2n) is 4.96. The lowest BCUT2D eigenvalue weighted by atomic mass is 10.00. The van der Waals surface area contributed by atoms with Gasteiger partial charge in [-0.1, -0.05) is 5.16 Å². The van der Waals surface area contributed by atoms with E-state index in [4.69, 9.17) is 4.52 Å². The van der Waals surface area contributed by atoms with Crippen molar-refractivity contribution in [2.45, 2.75) is 25.7 Å². The summed E-state index contributed by atoms with van der Waals surface area (Å²) in [5, 5.41) is 7.32. The molecule has 1 saturated heterocycles. The van der Waals surface area contributed by atoms with Crippen molar-refractivity contribution >= 4 is 0 Å². The van der Waals surface area contributed by atoms with E-state index in [1.54, 1.807) is 19.1 Å². The first-order valence-corrected chi connectivity index (χ1v) is 6.55. The number of nitrogens with one attached hydrogen (secondary N) is 1. The molecule has 0 aliphatic carbocycles. The van der Waals surface area contributed by atoms with Gasteiger partial charge in [0.2, 0.25) is 11.7 Å². The fourth-order valence-corrected chi connectivity index (χ4v) is 2.36. The maximum absolute atomic E-state index is 13.2. The minimum absolute atomic E-state index is 0.219. The van der Waals surface area contributed by atoms with Gasteiger partial charge in [0.1, 0.15) is 5.82 Å². The topological polar surface area (TPSA) is 51.0 Å². The molecule has 1 atom stereocenters. The Labute approximate surface area is 111 Å². The molecule has 0 spiro atoms. The molecule has 1 aromatic heterocycles. The number of rotatable bonds is 2. The van der Waals surface area contributed by atoms with Crippen molar-refractivity contribution < 1.29 is 8.91 Å². The largest absolute Gasteiger partial charge is 0.339 e. The monoisotopic (exact) mass is 261 g/mol.